The minimum Gasteiger partial charge on any atom is -0.355 e. The van der Waals surface area contributed by atoms with Gasteiger partial charge in [0.25, 0.3) is 0 Å². The highest BCUT2D eigenvalue weighted by Crippen LogP contribution is 2.19. The number of nitrogens with one attached hydrogen (secondary N) is 2. The predicted octanol–water partition coefficient (Wildman–Crippen LogP) is 1.89. The summed E-state index contributed by atoms with van der Waals surface area (Å²) in [5, 5.41) is 14.9. The summed E-state index contributed by atoms with van der Waals surface area (Å²) in [6.45, 7) is 11.6. The molecule has 144 valence electrons. The van der Waals surface area contributed by atoms with Crippen molar-refractivity contribution >= 4 is 29.9 Å². The fourth-order valence-electron chi connectivity index (χ4n) is 3.17. The van der Waals surface area contributed by atoms with Crippen molar-refractivity contribution in [2.75, 3.05) is 33.2 Å². The molecule has 0 aromatic carbocycles. The van der Waals surface area contributed by atoms with E-state index in [1.807, 2.05) is 7.05 Å². The molecule has 2 heterocycles. The number of rotatable bonds is 7. The maximum atomic E-state index is 4.33. The van der Waals surface area contributed by atoms with Gasteiger partial charge in [-0.2, -0.15) is 0 Å². The highest BCUT2D eigenvalue weighted by atomic mass is 127. The molecule has 1 fully saturated rings. The molecule has 25 heavy (non-hydrogen) atoms. The third kappa shape index (κ3) is 6.73. The van der Waals surface area contributed by atoms with E-state index >= 15 is 0 Å². The van der Waals surface area contributed by atoms with Crippen LogP contribution in [0.2, 0.25) is 0 Å². The van der Waals surface area contributed by atoms with Gasteiger partial charge < -0.3 is 15.2 Å². The highest BCUT2D eigenvalue weighted by Gasteiger charge is 2.27. The summed E-state index contributed by atoms with van der Waals surface area (Å²) in [5.41, 5.74) is 0.141. The Kier molecular flexibility index (Phi) is 9.70. The highest BCUT2D eigenvalue weighted by molar-refractivity contribution is 14.0. The Morgan fingerprint density at radius 1 is 1.24 bits per heavy atom. The van der Waals surface area contributed by atoms with Crippen LogP contribution in [0, 0.1) is 0 Å². The number of likely N-dealkylation sites (tertiary alicyclic amines) is 1. The third-order valence-electron chi connectivity index (χ3n) is 4.78. The maximum absolute atomic E-state index is 4.33. The lowest BCUT2D eigenvalue weighted by Gasteiger charge is -2.41. The van der Waals surface area contributed by atoms with Crippen molar-refractivity contribution in [1.29, 1.82) is 0 Å². The lowest BCUT2D eigenvalue weighted by atomic mass is 9.98. The number of guanidine groups is 1. The molecule has 1 aromatic heterocycles. The zero-order valence-electron chi connectivity index (χ0n) is 16.1. The molecule has 1 aliphatic rings. The van der Waals surface area contributed by atoms with Crippen LogP contribution < -0.4 is 10.6 Å². The normalized spacial score (nSPS) is 16.4. The quantitative estimate of drug-likeness (QED) is 0.367. The SMILES string of the molecule is CCc1nncn1CCNC(=NC)NCC(C)(C)N1CCCCC1.I. The zero-order valence-corrected chi connectivity index (χ0v) is 18.4. The summed E-state index contributed by atoms with van der Waals surface area (Å²) in [7, 11) is 1.82. The van der Waals surface area contributed by atoms with Crippen molar-refractivity contribution in [2.45, 2.75) is 58.5 Å². The molecule has 0 amide bonds. The average Bonchev–Trinajstić information content (AvgIpc) is 3.06. The minimum atomic E-state index is 0. The molecule has 0 spiro atoms. The van der Waals surface area contributed by atoms with Gasteiger partial charge in [-0.15, -0.1) is 34.2 Å². The van der Waals surface area contributed by atoms with Crippen molar-refractivity contribution in [2.24, 2.45) is 4.99 Å². The van der Waals surface area contributed by atoms with Gasteiger partial charge in [0.2, 0.25) is 0 Å². The molecule has 0 bridgehead atoms. The topological polar surface area (TPSA) is 70.4 Å². The van der Waals surface area contributed by atoms with E-state index in [0.29, 0.717) is 0 Å². The van der Waals surface area contributed by atoms with E-state index in [-0.39, 0.29) is 29.5 Å². The Bertz CT molecular complexity index is 521. The minimum absolute atomic E-state index is 0. The monoisotopic (exact) mass is 463 g/mol. The fourth-order valence-corrected chi connectivity index (χ4v) is 3.17. The molecule has 0 unspecified atom stereocenters. The van der Waals surface area contributed by atoms with E-state index in [1.54, 1.807) is 6.33 Å². The lowest BCUT2D eigenvalue weighted by Crippen LogP contribution is -2.55. The van der Waals surface area contributed by atoms with Gasteiger partial charge in [0.15, 0.2) is 5.96 Å². The van der Waals surface area contributed by atoms with Gasteiger partial charge in [0.05, 0.1) is 0 Å². The van der Waals surface area contributed by atoms with Gasteiger partial charge in [-0.3, -0.25) is 9.89 Å². The second-order valence-corrected chi connectivity index (χ2v) is 7.01. The average molecular weight is 463 g/mol. The molecule has 1 aromatic rings. The van der Waals surface area contributed by atoms with E-state index in [0.717, 1.165) is 37.8 Å². The molecule has 0 radical (unpaired) electrons. The molecular formula is C17H34IN7. The lowest BCUT2D eigenvalue weighted by molar-refractivity contribution is 0.0982. The summed E-state index contributed by atoms with van der Waals surface area (Å²) in [6.07, 6.45) is 6.68. The number of hydrogen-bond acceptors (Lipinski definition) is 4. The number of halogens is 1. The first-order valence-electron chi connectivity index (χ1n) is 9.13. The molecule has 0 saturated carbocycles. The smallest absolute Gasteiger partial charge is 0.191 e. The summed E-state index contributed by atoms with van der Waals surface area (Å²) in [5.74, 6) is 1.87. The molecule has 8 heteroatoms. The second-order valence-electron chi connectivity index (χ2n) is 7.01. The van der Waals surface area contributed by atoms with E-state index in [9.17, 15) is 0 Å². The number of aliphatic imine (C=N–C) groups is 1. The van der Waals surface area contributed by atoms with E-state index in [2.05, 4.69) is 56.1 Å². The summed E-state index contributed by atoms with van der Waals surface area (Å²) < 4.78 is 2.08. The van der Waals surface area contributed by atoms with Gasteiger partial charge in [-0.25, -0.2) is 0 Å². The summed E-state index contributed by atoms with van der Waals surface area (Å²) in [4.78, 5) is 6.92. The van der Waals surface area contributed by atoms with Crippen LogP contribution >= 0.6 is 24.0 Å². The van der Waals surface area contributed by atoms with Crippen LogP contribution in [0.1, 0.15) is 45.9 Å². The predicted molar refractivity (Wildman–Crippen MR) is 114 cm³/mol. The van der Waals surface area contributed by atoms with Crippen molar-refractivity contribution in [3.8, 4) is 0 Å². The standard InChI is InChI=1S/C17H33N7.HI/c1-5-15-22-21-14-23(15)12-9-19-16(18-4)20-13-17(2,3)24-10-7-6-8-11-24;/h14H,5-13H2,1-4H3,(H2,18,19,20);1H. The third-order valence-corrected chi connectivity index (χ3v) is 4.78. The molecule has 1 saturated heterocycles. The zero-order chi connectivity index (χ0) is 17.4. The van der Waals surface area contributed by atoms with Crippen molar-refractivity contribution in [3.05, 3.63) is 12.2 Å². The van der Waals surface area contributed by atoms with E-state index < -0.39 is 0 Å². The number of aryl methyl sites for hydroxylation is 1. The molecular weight excluding hydrogens is 429 g/mol. The van der Waals surface area contributed by atoms with Gasteiger partial charge >= 0.3 is 0 Å². The van der Waals surface area contributed by atoms with Gasteiger partial charge in [-0.1, -0.05) is 13.3 Å². The van der Waals surface area contributed by atoms with Crippen LogP contribution in [0.25, 0.3) is 0 Å². The number of nitrogens with zero attached hydrogens (tertiary/aromatic N) is 5. The number of aromatic nitrogens is 3. The number of hydrogen-bond donors (Lipinski definition) is 2. The van der Waals surface area contributed by atoms with Gasteiger partial charge in [0.1, 0.15) is 12.2 Å². The summed E-state index contributed by atoms with van der Waals surface area (Å²) in [6, 6.07) is 0. The molecule has 0 aliphatic carbocycles. The van der Waals surface area contributed by atoms with Crippen LogP contribution in [0.3, 0.4) is 0 Å². The Labute approximate surface area is 169 Å². The van der Waals surface area contributed by atoms with Crippen molar-refractivity contribution in [3.63, 3.8) is 0 Å². The second kappa shape index (κ2) is 10.9. The Balaban J connectivity index is 0.00000312. The number of piperidine rings is 1. The van der Waals surface area contributed by atoms with Crippen LogP contribution in [-0.4, -0.2) is 64.4 Å². The van der Waals surface area contributed by atoms with Crippen molar-refractivity contribution < 1.29 is 0 Å². The van der Waals surface area contributed by atoms with Crippen LogP contribution in [-0.2, 0) is 13.0 Å². The van der Waals surface area contributed by atoms with Crippen molar-refractivity contribution in [1.82, 2.24) is 30.3 Å². The first-order chi connectivity index (χ1) is 11.6. The molecule has 2 N–H and O–H groups in total. The molecule has 0 atom stereocenters. The Hall–Kier alpha value is -0.900. The van der Waals surface area contributed by atoms with Crippen LogP contribution in [0.15, 0.2) is 11.3 Å². The first kappa shape index (κ1) is 22.1. The largest absolute Gasteiger partial charge is 0.355 e. The Morgan fingerprint density at radius 3 is 2.60 bits per heavy atom. The van der Waals surface area contributed by atoms with E-state index in [1.165, 1.54) is 32.4 Å². The first-order valence-corrected chi connectivity index (χ1v) is 9.13. The van der Waals surface area contributed by atoms with Crippen LogP contribution in [0.5, 0.6) is 0 Å². The molecule has 7 nitrogen and oxygen atoms in total. The maximum Gasteiger partial charge on any atom is 0.191 e. The van der Waals surface area contributed by atoms with Crippen LogP contribution in [0.4, 0.5) is 0 Å². The Morgan fingerprint density at radius 2 is 1.96 bits per heavy atom. The fraction of sp³-hybridized carbons (Fsp3) is 0.824. The summed E-state index contributed by atoms with van der Waals surface area (Å²) >= 11 is 0. The van der Waals surface area contributed by atoms with Gasteiger partial charge in [0, 0.05) is 38.6 Å². The van der Waals surface area contributed by atoms with E-state index in [4.69, 9.17) is 0 Å². The van der Waals surface area contributed by atoms with Gasteiger partial charge in [-0.05, 0) is 39.8 Å². The molecule has 1 aliphatic heterocycles. The molecule has 2 rings (SSSR count).